The number of ether oxygens (including phenoxy) is 1. The van der Waals surface area contributed by atoms with E-state index in [4.69, 9.17) is 4.74 Å². The lowest BCUT2D eigenvalue weighted by molar-refractivity contribution is -0.124. The van der Waals surface area contributed by atoms with Crippen LogP contribution in [0.15, 0.2) is 54.6 Å². The average Bonchev–Trinajstić information content (AvgIpc) is 2.58. The first kappa shape index (κ1) is 16.7. The van der Waals surface area contributed by atoms with Crippen LogP contribution in [0.3, 0.4) is 0 Å². The molecule has 1 N–H and O–H groups in total. The molecule has 24 heavy (non-hydrogen) atoms. The van der Waals surface area contributed by atoms with Gasteiger partial charge in [0.05, 0.1) is 12.7 Å². The molecule has 0 spiro atoms. The Morgan fingerprint density at radius 2 is 1.88 bits per heavy atom. The maximum atomic E-state index is 13.0. The second-order valence-corrected chi connectivity index (χ2v) is 6.34. The van der Waals surface area contributed by atoms with Crippen LogP contribution in [0.25, 0.3) is 0 Å². The van der Waals surface area contributed by atoms with E-state index < -0.39 is 0 Å². The predicted octanol–water partition coefficient (Wildman–Crippen LogP) is 3.40. The Morgan fingerprint density at radius 1 is 1.17 bits per heavy atom. The SMILES string of the molecule is Cc1ccc(NC(=O)[C@H](c2ccccc2)N2CCO[C@H](C)C2)cc1. The van der Waals surface area contributed by atoms with Gasteiger partial charge in [0, 0.05) is 18.8 Å². The summed E-state index contributed by atoms with van der Waals surface area (Å²) >= 11 is 0. The van der Waals surface area contributed by atoms with E-state index in [2.05, 4.69) is 10.2 Å². The summed E-state index contributed by atoms with van der Waals surface area (Å²) in [7, 11) is 0. The van der Waals surface area contributed by atoms with Crippen LogP contribution < -0.4 is 5.32 Å². The molecule has 0 aromatic heterocycles. The van der Waals surface area contributed by atoms with E-state index in [9.17, 15) is 4.79 Å². The van der Waals surface area contributed by atoms with Gasteiger partial charge in [-0.1, -0.05) is 48.0 Å². The molecule has 2 aromatic rings. The van der Waals surface area contributed by atoms with Gasteiger partial charge in [0.15, 0.2) is 0 Å². The molecule has 1 fully saturated rings. The van der Waals surface area contributed by atoms with E-state index in [1.54, 1.807) is 0 Å². The third kappa shape index (κ3) is 4.02. The second kappa shape index (κ2) is 7.60. The predicted molar refractivity (Wildman–Crippen MR) is 96.0 cm³/mol. The van der Waals surface area contributed by atoms with Crippen LogP contribution in [0.2, 0.25) is 0 Å². The van der Waals surface area contributed by atoms with Gasteiger partial charge in [-0.05, 0) is 31.5 Å². The van der Waals surface area contributed by atoms with Crippen molar-refractivity contribution in [1.29, 1.82) is 0 Å². The minimum absolute atomic E-state index is 0.000784. The van der Waals surface area contributed by atoms with Crippen molar-refractivity contribution in [2.75, 3.05) is 25.0 Å². The standard InChI is InChI=1S/C20H24N2O2/c1-15-8-10-18(11-9-15)21-20(23)19(17-6-4-3-5-7-17)22-12-13-24-16(2)14-22/h3-11,16,19H,12-14H2,1-2H3,(H,21,23)/t16-,19+/m1/s1. The number of hydrogen-bond acceptors (Lipinski definition) is 3. The number of carbonyl (C=O) groups is 1. The summed E-state index contributed by atoms with van der Waals surface area (Å²) < 4.78 is 5.63. The van der Waals surface area contributed by atoms with Crippen molar-refractivity contribution in [3.05, 3.63) is 65.7 Å². The zero-order valence-corrected chi connectivity index (χ0v) is 14.2. The first-order chi connectivity index (χ1) is 11.6. The third-order valence-corrected chi connectivity index (χ3v) is 4.32. The number of aryl methyl sites for hydroxylation is 1. The number of hydrogen-bond donors (Lipinski definition) is 1. The van der Waals surface area contributed by atoms with Crippen molar-refractivity contribution in [3.8, 4) is 0 Å². The molecule has 126 valence electrons. The Labute approximate surface area is 143 Å². The van der Waals surface area contributed by atoms with E-state index in [0.29, 0.717) is 6.61 Å². The van der Waals surface area contributed by atoms with Gasteiger partial charge in [-0.25, -0.2) is 0 Å². The molecular weight excluding hydrogens is 300 g/mol. The molecule has 0 aliphatic carbocycles. The third-order valence-electron chi connectivity index (χ3n) is 4.32. The zero-order chi connectivity index (χ0) is 16.9. The normalized spacial score (nSPS) is 19.7. The van der Waals surface area contributed by atoms with E-state index in [0.717, 1.165) is 24.3 Å². The van der Waals surface area contributed by atoms with Gasteiger partial charge in [-0.3, -0.25) is 9.69 Å². The Bertz CT molecular complexity index is 670. The van der Waals surface area contributed by atoms with Gasteiger partial charge >= 0.3 is 0 Å². The molecular formula is C20H24N2O2. The average molecular weight is 324 g/mol. The van der Waals surface area contributed by atoms with Crippen molar-refractivity contribution in [1.82, 2.24) is 4.90 Å². The lowest BCUT2D eigenvalue weighted by Gasteiger charge is -2.36. The Balaban J connectivity index is 1.83. The molecule has 2 atom stereocenters. The topological polar surface area (TPSA) is 41.6 Å². The molecule has 0 unspecified atom stereocenters. The van der Waals surface area contributed by atoms with E-state index >= 15 is 0 Å². The molecule has 0 radical (unpaired) electrons. The highest BCUT2D eigenvalue weighted by molar-refractivity contribution is 5.95. The molecule has 1 aliphatic rings. The minimum Gasteiger partial charge on any atom is -0.376 e. The van der Waals surface area contributed by atoms with Crippen molar-refractivity contribution in [2.45, 2.75) is 26.0 Å². The van der Waals surface area contributed by atoms with E-state index in [1.165, 1.54) is 5.56 Å². The first-order valence-electron chi connectivity index (χ1n) is 8.41. The fraction of sp³-hybridized carbons (Fsp3) is 0.350. The Morgan fingerprint density at radius 3 is 2.54 bits per heavy atom. The fourth-order valence-electron chi connectivity index (χ4n) is 3.09. The van der Waals surface area contributed by atoms with Gasteiger partial charge < -0.3 is 10.1 Å². The number of nitrogens with zero attached hydrogens (tertiary/aromatic N) is 1. The quantitative estimate of drug-likeness (QED) is 0.937. The summed E-state index contributed by atoms with van der Waals surface area (Å²) in [4.78, 5) is 15.2. The molecule has 4 nitrogen and oxygen atoms in total. The van der Waals surface area contributed by atoms with Crippen LogP contribution in [0.5, 0.6) is 0 Å². The van der Waals surface area contributed by atoms with Crippen LogP contribution >= 0.6 is 0 Å². The molecule has 0 bridgehead atoms. The molecule has 1 aliphatic heterocycles. The summed E-state index contributed by atoms with van der Waals surface area (Å²) in [6.07, 6.45) is 0.136. The summed E-state index contributed by atoms with van der Waals surface area (Å²) in [5, 5.41) is 3.06. The number of benzene rings is 2. The Hall–Kier alpha value is -2.17. The summed E-state index contributed by atoms with van der Waals surface area (Å²) in [6.45, 7) is 6.24. The second-order valence-electron chi connectivity index (χ2n) is 6.34. The summed E-state index contributed by atoms with van der Waals surface area (Å²) in [5.41, 5.74) is 3.01. The number of amides is 1. The number of anilines is 1. The van der Waals surface area contributed by atoms with Gasteiger partial charge in [0.25, 0.3) is 0 Å². The van der Waals surface area contributed by atoms with Crippen LogP contribution in [-0.4, -0.2) is 36.6 Å². The van der Waals surface area contributed by atoms with E-state index in [1.807, 2.05) is 68.4 Å². The van der Waals surface area contributed by atoms with Crippen molar-refractivity contribution in [2.24, 2.45) is 0 Å². The highest BCUT2D eigenvalue weighted by Crippen LogP contribution is 2.25. The molecule has 4 heteroatoms. The maximum absolute atomic E-state index is 13.0. The van der Waals surface area contributed by atoms with E-state index in [-0.39, 0.29) is 18.1 Å². The number of nitrogens with one attached hydrogen (secondary N) is 1. The van der Waals surface area contributed by atoms with Gasteiger partial charge in [-0.15, -0.1) is 0 Å². The smallest absolute Gasteiger partial charge is 0.246 e. The fourth-order valence-corrected chi connectivity index (χ4v) is 3.09. The molecule has 1 amide bonds. The van der Waals surface area contributed by atoms with Crippen molar-refractivity contribution >= 4 is 11.6 Å². The largest absolute Gasteiger partial charge is 0.376 e. The highest BCUT2D eigenvalue weighted by Gasteiger charge is 2.31. The monoisotopic (exact) mass is 324 g/mol. The van der Waals surface area contributed by atoms with Crippen LogP contribution in [0, 0.1) is 6.92 Å². The summed E-state index contributed by atoms with van der Waals surface area (Å²) in [5.74, 6) is -0.000784. The van der Waals surface area contributed by atoms with Gasteiger partial charge in [0.1, 0.15) is 6.04 Å². The molecule has 1 saturated heterocycles. The lowest BCUT2D eigenvalue weighted by Crippen LogP contribution is -2.46. The number of rotatable bonds is 4. The zero-order valence-electron chi connectivity index (χ0n) is 14.2. The van der Waals surface area contributed by atoms with Crippen LogP contribution in [-0.2, 0) is 9.53 Å². The molecule has 2 aromatic carbocycles. The van der Waals surface area contributed by atoms with Crippen LogP contribution in [0.4, 0.5) is 5.69 Å². The summed E-state index contributed by atoms with van der Waals surface area (Å²) in [6, 6.07) is 17.5. The molecule has 3 rings (SSSR count). The minimum atomic E-state index is -0.307. The number of carbonyl (C=O) groups excluding carboxylic acids is 1. The molecule has 0 saturated carbocycles. The highest BCUT2D eigenvalue weighted by atomic mass is 16.5. The maximum Gasteiger partial charge on any atom is 0.246 e. The first-order valence-corrected chi connectivity index (χ1v) is 8.41. The molecule has 1 heterocycles. The van der Waals surface area contributed by atoms with Crippen molar-refractivity contribution < 1.29 is 9.53 Å². The van der Waals surface area contributed by atoms with Crippen LogP contribution in [0.1, 0.15) is 24.1 Å². The van der Waals surface area contributed by atoms with Gasteiger partial charge in [-0.2, -0.15) is 0 Å². The van der Waals surface area contributed by atoms with Crippen molar-refractivity contribution in [3.63, 3.8) is 0 Å². The number of morpholine rings is 1. The van der Waals surface area contributed by atoms with Gasteiger partial charge in [0.2, 0.25) is 5.91 Å². The lowest BCUT2D eigenvalue weighted by atomic mass is 10.0. The Kier molecular flexibility index (Phi) is 5.28.